The lowest BCUT2D eigenvalue weighted by Gasteiger charge is -2.23. The van der Waals surface area contributed by atoms with Crippen molar-refractivity contribution in [2.45, 2.75) is 44.2 Å². The van der Waals surface area contributed by atoms with E-state index in [4.69, 9.17) is 4.74 Å². The lowest BCUT2D eigenvalue weighted by atomic mass is 10.1. The first kappa shape index (κ1) is 12.3. The largest absolute Gasteiger partial charge is 0.378 e. The zero-order chi connectivity index (χ0) is 11.4. The third-order valence-electron chi connectivity index (χ3n) is 3.48. The number of rotatable bonds is 4. The topological polar surface area (TPSA) is 55.4 Å². The van der Waals surface area contributed by atoms with Gasteiger partial charge in [0, 0.05) is 12.6 Å². The number of sulfone groups is 1. The first-order chi connectivity index (χ1) is 7.66. The van der Waals surface area contributed by atoms with E-state index in [1.54, 1.807) is 0 Å². The smallest absolute Gasteiger partial charge is 0.150 e. The second-order valence-electron chi connectivity index (χ2n) is 4.80. The molecule has 2 saturated heterocycles. The van der Waals surface area contributed by atoms with Crippen LogP contribution in [0.15, 0.2) is 0 Å². The Morgan fingerprint density at radius 3 is 2.56 bits per heavy atom. The van der Waals surface area contributed by atoms with Crippen molar-refractivity contribution in [3.8, 4) is 0 Å². The van der Waals surface area contributed by atoms with Crippen molar-refractivity contribution in [2.24, 2.45) is 0 Å². The van der Waals surface area contributed by atoms with Crippen LogP contribution in [0.2, 0.25) is 0 Å². The van der Waals surface area contributed by atoms with Gasteiger partial charge in [-0.2, -0.15) is 0 Å². The van der Waals surface area contributed by atoms with Gasteiger partial charge in [-0.15, -0.1) is 0 Å². The van der Waals surface area contributed by atoms with Gasteiger partial charge < -0.3 is 10.1 Å². The Kier molecular flexibility index (Phi) is 4.21. The van der Waals surface area contributed by atoms with Gasteiger partial charge in [0.1, 0.15) is 9.84 Å². The Morgan fingerprint density at radius 2 is 1.94 bits per heavy atom. The van der Waals surface area contributed by atoms with Gasteiger partial charge in [0.2, 0.25) is 0 Å². The molecule has 0 aliphatic carbocycles. The first-order valence-corrected chi connectivity index (χ1v) is 8.03. The molecule has 0 spiro atoms. The highest BCUT2D eigenvalue weighted by Crippen LogP contribution is 2.16. The van der Waals surface area contributed by atoms with Gasteiger partial charge in [-0.25, -0.2) is 8.42 Å². The van der Waals surface area contributed by atoms with Gasteiger partial charge in [0.05, 0.1) is 17.6 Å². The molecule has 2 aliphatic rings. The molecular weight excluding hydrogens is 226 g/mol. The van der Waals surface area contributed by atoms with Crippen molar-refractivity contribution in [2.75, 3.05) is 24.7 Å². The van der Waals surface area contributed by atoms with E-state index in [-0.39, 0.29) is 0 Å². The summed E-state index contributed by atoms with van der Waals surface area (Å²) in [5.41, 5.74) is 0. The quantitative estimate of drug-likeness (QED) is 0.795. The molecule has 0 radical (unpaired) electrons. The Bertz CT molecular complexity index is 295. The predicted molar refractivity (Wildman–Crippen MR) is 63.3 cm³/mol. The Morgan fingerprint density at radius 1 is 1.19 bits per heavy atom. The molecule has 5 heteroatoms. The molecule has 0 saturated carbocycles. The highest BCUT2D eigenvalue weighted by Gasteiger charge is 2.23. The van der Waals surface area contributed by atoms with E-state index in [9.17, 15) is 8.42 Å². The van der Waals surface area contributed by atoms with Crippen LogP contribution >= 0.6 is 0 Å². The second kappa shape index (κ2) is 5.47. The maximum atomic E-state index is 11.2. The summed E-state index contributed by atoms with van der Waals surface area (Å²) in [5.74, 6) is 0.704. The third-order valence-corrected chi connectivity index (χ3v) is 5.19. The molecule has 4 nitrogen and oxygen atoms in total. The summed E-state index contributed by atoms with van der Waals surface area (Å²) < 4.78 is 28.0. The average molecular weight is 247 g/mol. The van der Waals surface area contributed by atoms with Crippen LogP contribution in [0.4, 0.5) is 0 Å². The summed E-state index contributed by atoms with van der Waals surface area (Å²) >= 11 is 0. The summed E-state index contributed by atoms with van der Waals surface area (Å²) in [7, 11) is -2.72. The minimum Gasteiger partial charge on any atom is -0.378 e. The lowest BCUT2D eigenvalue weighted by Crippen LogP contribution is -2.38. The first-order valence-electron chi connectivity index (χ1n) is 6.21. The van der Waals surface area contributed by atoms with Crippen LogP contribution in [0.1, 0.15) is 32.1 Å². The van der Waals surface area contributed by atoms with Crippen LogP contribution < -0.4 is 5.32 Å². The van der Waals surface area contributed by atoms with Crippen LogP contribution in [-0.2, 0) is 14.6 Å². The summed E-state index contributed by atoms with van der Waals surface area (Å²) in [6.45, 7) is 1.86. The van der Waals surface area contributed by atoms with Gasteiger partial charge >= 0.3 is 0 Å². The minimum atomic E-state index is -2.72. The van der Waals surface area contributed by atoms with Crippen LogP contribution in [-0.4, -0.2) is 45.2 Å². The number of ether oxygens (including phenoxy) is 1. The van der Waals surface area contributed by atoms with E-state index in [0.717, 1.165) is 32.4 Å². The summed E-state index contributed by atoms with van der Waals surface area (Å²) in [4.78, 5) is 0. The number of nitrogens with one attached hydrogen (secondary N) is 1. The molecule has 0 bridgehead atoms. The van der Waals surface area contributed by atoms with Crippen LogP contribution in [0.5, 0.6) is 0 Å². The molecular formula is C11H21NO3S. The fraction of sp³-hybridized carbons (Fsp3) is 1.00. The second-order valence-corrected chi connectivity index (χ2v) is 7.11. The van der Waals surface area contributed by atoms with Crippen molar-refractivity contribution in [1.29, 1.82) is 0 Å². The van der Waals surface area contributed by atoms with E-state index in [1.807, 2.05) is 0 Å². The molecule has 1 N–H and O–H groups in total. The zero-order valence-corrected chi connectivity index (χ0v) is 10.5. The molecule has 0 aromatic carbocycles. The van der Waals surface area contributed by atoms with Crippen molar-refractivity contribution in [3.63, 3.8) is 0 Å². The summed E-state index contributed by atoms with van der Waals surface area (Å²) in [6.07, 6.45) is 5.40. The lowest BCUT2D eigenvalue weighted by molar-refractivity contribution is 0.103. The summed E-state index contributed by atoms with van der Waals surface area (Å²) in [6, 6.07) is 0.393. The van der Waals surface area contributed by atoms with E-state index in [1.165, 1.54) is 12.8 Å². The Hall–Kier alpha value is -0.130. The maximum absolute atomic E-state index is 11.2. The monoisotopic (exact) mass is 247 g/mol. The van der Waals surface area contributed by atoms with Gasteiger partial charge in [0.25, 0.3) is 0 Å². The van der Waals surface area contributed by atoms with Crippen LogP contribution in [0.3, 0.4) is 0 Å². The van der Waals surface area contributed by atoms with Crippen LogP contribution in [0, 0.1) is 0 Å². The summed E-state index contributed by atoms with van der Waals surface area (Å²) in [5, 5.41) is 3.44. The molecule has 0 amide bonds. The highest BCUT2D eigenvalue weighted by molar-refractivity contribution is 7.91. The van der Waals surface area contributed by atoms with Gasteiger partial charge in [-0.05, 0) is 38.6 Å². The molecule has 0 aromatic heterocycles. The molecule has 1 atom stereocenters. The van der Waals surface area contributed by atoms with E-state index in [2.05, 4.69) is 5.32 Å². The SMILES string of the molecule is O=S1(=O)CCC(NCCC2CCCO2)CC1. The molecule has 1 unspecified atom stereocenters. The van der Waals surface area contributed by atoms with E-state index < -0.39 is 9.84 Å². The maximum Gasteiger partial charge on any atom is 0.150 e. The Labute approximate surface area is 97.7 Å². The van der Waals surface area contributed by atoms with Gasteiger partial charge in [0.15, 0.2) is 0 Å². The van der Waals surface area contributed by atoms with Crippen molar-refractivity contribution >= 4 is 9.84 Å². The molecule has 2 rings (SSSR count). The van der Waals surface area contributed by atoms with Gasteiger partial charge in [-0.3, -0.25) is 0 Å². The van der Waals surface area contributed by atoms with Crippen molar-refractivity contribution in [3.05, 3.63) is 0 Å². The van der Waals surface area contributed by atoms with Gasteiger partial charge in [-0.1, -0.05) is 0 Å². The molecule has 94 valence electrons. The Balaban J connectivity index is 1.60. The fourth-order valence-electron chi connectivity index (χ4n) is 2.41. The molecule has 2 fully saturated rings. The third kappa shape index (κ3) is 3.71. The number of hydrogen-bond acceptors (Lipinski definition) is 4. The molecule has 2 aliphatic heterocycles. The van der Waals surface area contributed by atoms with Crippen molar-refractivity contribution < 1.29 is 13.2 Å². The standard InChI is InChI=1S/C11H21NO3S/c13-16(14)8-4-10(5-9-16)12-6-3-11-2-1-7-15-11/h10-12H,1-9H2. The molecule has 2 heterocycles. The average Bonchev–Trinajstić information content (AvgIpc) is 2.73. The van der Waals surface area contributed by atoms with Crippen LogP contribution in [0.25, 0.3) is 0 Å². The molecule has 16 heavy (non-hydrogen) atoms. The minimum absolute atomic E-state index is 0.352. The highest BCUT2D eigenvalue weighted by atomic mass is 32.2. The zero-order valence-electron chi connectivity index (χ0n) is 9.65. The number of hydrogen-bond donors (Lipinski definition) is 1. The fourth-order valence-corrected chi connectivity index (χ4v) is 3.91. The van der Waals surface area contributed by atoms with E-state index in [0.29, 0.717) is 23.7 Å². The normalized spacial score (nSPS) is 30.6. The van der Waals surface area contributed by atoms with E-state index >= 15 is 0 Å². The molecule has 0 aromatic rings. The van der Waals surface area contributed by atoms with Crippen molar-refractivity contribution in [1.82, 2.24) is 5.32 Å². The predicted octanol–water partition coefficient (Wildman–Crippen LogP) is 0.722.